The van der Waals surface area contributed by atoms with Crippen LogP contribution in [0.4, 0.5) is 0 Å². The third kappa shape index (κ3) is 2.97. The molecule has 1 aliphatic rings. The Bertz CT molecular complexity index is 524. The summed E-state index contributed by atoms with van der Waals surface area (Å²) >= 11 is 0. The molecule has 1 N–H and O–H groups in total. The third-order valence-electron chi connectivity index (χ3n) is 4.26. The molecular weight excluding hydrogens is 256 g/mol. The highest BCUT2D eigenvalue weighted by atomic mass is 16.4. The number of aromatic nitrogens is 1. The zero-order valence-corrected chi connectivity index (χ0v) is 12.6. The molecule has 0 aliphatic heterocycles. The van der Waals surface area contributed by atoms with Gasteiger partial charge in [-0.1, -0.05) is 26.2 Å². The number of carbonyl (C=O) groups excluding carboxylic acids is 1. The van der Waals surface area contributed by atoms with E-state index >= 15 is 0 Å². The maximum absolute atomic E-state index is 12.4. The van der Waals surface area contributed by atoms with Gasteiger partial charge in [0.15, 0.2) is 0 Å². The van der Waals surface area contributed by atoms with Crippen LogP contribution in [0.2, 0.25) is 0 Å². The van der Waals surface area contributed by atoms with Crippen LogP contribution in [-0.4, -0.2) is 16.5 Å². The summed E-state index contributed by atoms with van der Waals surface area (Å²) in [5, 5.41) is 3.09. The number of oxazole rings is 1. The molecule has 0 spiro atoms. The zero-order valence-electron chi connectivity index (χ0n) is 12.6. The smallest absolute Gasteiger partial charge is 0.413 e. The van der Waals surface area contributed by atoms with Crippen molar-refractivity contribution in [1.82, 2.24) is 9.88 Å². The lowest BCUT2D eigenvalue weighted by Crippen LogP contribution is -2.42. The quantitative estimate of drug-likeness (QED) is 0.921. The lowest BCUT2D eigenvalue weighted by Gasteiger charge is -2.25. The van der Waals surface area contributed by atoms with Crippen molar-refractivity contribution < 1.29 is 9.21 Å². The SMILES string of the molecule is CC[C@H](C(=O)NC1CCCCC1)n1c(C)c(C)oc1=O. The first-order valence-corrected chi connectivity index (χ1v) is 7.53. The summed E-state index contributed by atoms with van der Waals surface area (Å²) in [6.07, 6.45) is 6.26. The molecule has 0 radical (unpaired) electrons. The van der Waals surface area contributed by atoms with E-state index in [0.717, 1.165) is 18.5 Å². The van der Waals surface area contributed by atoms with Crippen LogP contribution in [0.3, 0.4) is 0 Å². The first kappa shape index (κ1) is 14.9. The van der Waals surface area contributed by atoms with Crippen LogP contribution < -0.4 is 11.1 Å². The third-order valence-corrected chi connectivity index (χ3v) is 4.26. The number of hydrogen-bond donors (Lipinski definition) is 1. The standard InChI is InChI=1S/C15H24N2O3/c1-4-13(17-10(2)11(3)20-15(17)19)14(18)16-12-8-6-5-7-9-12/h12-13H,4-9H2,1-3H3,(H,16,18)/t13-/m1/s1. The molecule has 0 bridgehead atoms. The van der Waals surface area contributed by atoms with Gasteiger partial charge in [0.05, 0.1) is 5.69 Å². The summed E-state index contributed by atoms with van der Waals surface area (Å²) in [6.45, 7) is 5.48. The Hall–Kier alpha value is -1.52. The molecule has 0 aromatic carbocycles. The van der Waals surface area contributed by atoms with E-state index in [4.69, 9.17) is 4.42 Å². The van der Waals surface area contributed by atoms with E-state index in [1.807, 2.05) is 13.8 Å². The number of rotatable bonds is 4. The predicted molar refractivity (Wildman–Crippen MR) is 76.8 cm³/mol. The molecule has 1 aliphatic carbocycles. The van der Waals surface area contributed by atoms with Crippen LogP contribution in [0.25, 0.3) is 0 Å². The normalized spacial score (nSPS) is 17.9. The summed E-state index contributed by atoms with van der Waals surface area (Å²) in [5.41, 5.74) is 0.737. The number of amides is 1. The molecule has 1 aromatic rings. The highest BCUT2D eigenvalue weighted by Gasteiger charge is 2.26. The number of carbonyl (C=O) groups is 1. The first-order chi connectivity index (χ1) is 9.54. The van der Waals surface area contributed by atoms with E-state index in [1.165, 1.54) is 23.8 Å². The number of nitrogens with one attached hydrogen (secondary N) is 1. The molecule has 2 rings (SSSR count). The highest BCUT2D eigenvalue weighted by molar-refractivity contribution is 5.80. The molecule has 20 heavy (non-hydrogen) atoms. The van der Waals surface area contributed by atoms with Crippen molar-refractivity contribution in [3.05, 3.63) is 22.0 Å². The van der Waals surface area contributed by atoms with Crippen LogP contribution in [0.1, 0.15) is 62.9 Å². The minimum absolute atomic E-state index is 0.0644. The molecule has 1 aromatic heterocycles. The highest BCUT2D eigenvalue weighted by Crippen LogP contribution is 2.20. The molecule has 1 heterocycles. The van der Waals surface area contributed by atoms with E-state index < -0.39 is 11.8 Å². The summed E-state index contributed by atoms with van der Waals surface area (Å²) in [6, 6.07) is -0.212. The molecule has 1 amide bonds. The van der Waals surface area contributed by atoms with Crippen molar-refractivity contribution >= 4 is 5.91 Å². The van der Waals surface area contributed by atoms with Gasteiger partial charge in [-0.3, -0.25) is 9.36 Å². The molecular formula is C15H24N2O3. The van der Waals surface area contributed by atoms with E-state index in [2.05, 4.69) is 5.32 Å². The zero-order chi connectivity index (χ0) is 14.7. The van der Waals surface area contributed by atoms with Gasteiger partial charge in [0, 0.05) is 6.04 Å². The number of nitrogens with zero attached hydrogens (tertiary/aromatic N) is 1. The van der Waals surface area contributed by atoms with E-state index in [1.54, 1.807) is 6.92 Å². The van der Waals surface area contributed by atoms with Gasteiger partial charge in [-0.2, -0.15) is 0 Å². The molecule has 1 saturated carbocycles. The minimum atomic E-state index is -0.470. The Kier molecular flexibility index (Phi) is 4.68. The Morgan fingerprint density at radius 1 is 1.35 bits per heavy atom. The van der Waals surface area contributed by atoms with Gasteiger partial charge in [0.25, 0.3) is 0 Å². The lowest BCUT2D eigenvalue weighted by atomic mass is 9.95. The molecule has 0 saturated heterocycles. The molecule has 1 atom stereocenters. The van der Waals surface area contributed by atoms with Gasteiger partial charge < -0.3 is 9.73 Å². The second-order valence-electron chi connectivity index (χ2n) is 5.65. The summed E-state index contributed by atoms with van der Waals surface area (Å²) < 4.78 is 6.58. The number of aryl methyl sites for hydroxylation is 1. The first-order valence-electron chi connectivity index (χ1n) is 7.53. The topological polar surface area (TPSA) is 64.2 Å². The van der Waals surface area contributed by atoms with Crippen molar-refractivity contribution in [3.63, 3.8) is 0 Å². The van der Waals surface area contributed by atoms with Crippen molar-refractivity contribution in [2.45, 2.75) is 71.4 Å². The second kappa shape index (κ2) is 6.29. The van der Waals surface area contributed by atoms with Gasteiger partial charge in [0.1, 0.15) is 11.8 Å². The molecule has 0 unspecified atom stereocenters. The summed E-state index contributed by atoms with van der Waals surface area (Å²) in [4.78, 5) is 24.3. The van der Waals surface area contributed by atoms with Gasteiger partial charge in [0.2, 0.25) is 5.91 Å². The lowest BCUT2D eigenvalue weighted by molar-refractivity contribution is -0.125. The second-order valence-corrected chi connectivity index (χ2v) is 5.65. The van der Waals surface area contributed by atoms with Gasteiger partial charge >= 0.3 is 5.76 Å². The Labute approximate surface area is 119 Å². The fraction of sp³-hybridized carbons (Fsp3) is 0.733. The maximum atomic E-state index is 12.4. The largest absolute Gasteiger partial charge is 0.420 e. The van der Waals surface area contributed by atoms with Crippen molar-refractivity contribution in [2.24, 2.45) is 0 Å². The van der Waals surface area contributed by atoms with Crippen molar-refractivity contribution in [2.75, 3.05) is 0 Å². The van der Waals surface area contributed by atoms with Gasteiger partial charge in [-0.25, -0.2) is 4.79 Å². The average Bonchev–Trinajstić information content (AvgIpc) is 2.67. The Morgan fingerprint density at radius 2 is 2.00 bits per heavy atom. The fourth-order valence-electron chi connectivity index (χ4n) is 2.95. The summed E-state index contributed by atoms with van der Waals surface area (Å²) in [5.74, 6) is 0.0787. The van der Waals surface area contributed by atoms with Crippen molar-refractivity contribution in [1.29, 1.82) is 0 Å². The molecule has 1 fully saturated rings. The van der Waals surface area contributed by atoms with Crippen LogP contribution in [0, 0.1) is 13.8 Å². The van der Waals surface area contributed by atoms with Gasteiger partial charge in [-0.15, -0.1) is 0 Å². The average molecular weight is 280 g/mol. The summed E-state index contributed by atoms with van der Waals surface area (Å²) in [7, 11) is 0. The van der Waals surface area contributed by atoms with Gasteiger partial charge in [-0.05, 0) is 33.1 Å². The predicted octanol–water partition coefficient (Wildman–Crippen LogP) is 2.46. The molecule has 112 valence electrons. The molecule has 5 heteroatoms. The van der Waals surface area contributed by atoms with Crippen LogP contribution in [0.5, 0.6) is 0 Å². The van der Waals surface area contributed by atoms with E-state index in [9.17, 15) is 9.59 Å². The van der Waals surface area contributed by atoms with Crippen LogP contribution in [0.15, 0.2) is 9.21 Å². The number of hydrogen-bond acceptors (Lipinski definition) is 3. The van der Waals surface area contributed by atoms with E-state index in [0.29, 0.717) is 12.2 Å². The minimum Gasteiger partial charge on any atom is -0.413 e. The Morgan fingerprint density at radius 3 is 2.50 bits per heavy atom. The monoisotopic (exact) mass is 280 g/mol. The van der Waals surface area contributed by atoms with Crippen LogP contribution in [-0.2, 0) is 4.79 Å². The van der Waals surface area contributed by atoms with Crippen molar-refractivity contribution in [3.8, 4) is 0 Å². The maximum Gasteiger partial charge on any atom is 0.420 e. The van der Waals surface area contributed by atoms with E-state index in [-0.39, 0.29) is 11.9 Å². The molecule has 5 nitrogen and oxygen atoms in total. The fourth-order valence-corrected chi connectivity index (χ4v) is 2.95. The van der Waals surface area contributed by atoms with Crippen LogP contribution >= 0.6 is 0 Å². The Balaban J connectivity index is 2.14.